The number of rotatable bonds is 0. The van der Waals surface area contributed by atoms with E-state index in [1.807, 2.05) is 20.8 Å². The van der Waals surface area contributed by atoms with Gasteiger partial charge in [-0.3, -0.25) is 4.90 Å². The van der Waals surface area contributed by atoms with Gasteiger partial charge in [0.1, 0.15) is 11.8 Å². The SMILES string of the molecule is CC(C)(C)OC(=O)N1C[C@H]2[C@@H](C1O)C2(C)C. The summed E-state index contributed by atoms with van der Waals surface area (Å²) in [5, 5.41) is 10.0. The van der Waals surface area contributed by atoms with Crippen molar-refractivity contribution in [3.05, 3.63) is 0 Å². The smallest absolute Gasteiger partial charge is 0.412 e. The largest absolute Gasteiger partial charge is 0.444 e. The molecule has 2 fully saturated rings. The lowest BCUT2D eigenvalue weighted by Crippen LogP contribution is -2.43. The summed E-state index contributed by atoms with van der Waals surface area (Å²) >= 11 is 0. The third-order valence-corrected chi connectivity index (χ3v) is 3.80. The maximum absolute atomic E-state index is 11.8. The maximum atomic E-state index is 11.8. The number of fused-ring (bicyclic) bond motifs is 1. The zero-order valence-corrected chi connectivity index (χ0v) is 10.7. The molecule has 1 saturated heterocycles. The first-order valence-electron chi connectivity index (χ1n) is 5.82. The highest BCUT2D eigenvalue weighted by Gasteiger charge is 2.67. The van der Waals surface area contributed by atoms with E-state index in [1.54, 1.807) is 0 Å². The minimum Gasteiger partial charge on any atom is -0.444 e. The van der Waals surface area contributed by atoms with Gasteiger partial charge in [-0.05, 0) is 32.1 Å². The van der Waals surface area contributed by atoms with Crippen molar-refractivity contribution >= 4 is 6.09 Å². The monoisotopic (exact) mass is 227 g/mol. The van der Waals surface area contributed by atoms with Crippen molar-refractivity contribution in [3.63, 3.8) is 0 Å². The minimum atomic E-state index is -0.671. The number of carbonyl (C=O) groups is 1. The van der Waals surface area contributed by atoms with Gasteiger partial charge >= 0.3 is 6.09 Å². The highest BCUT2D eigenvalue weighted by Crippen LogP contribution is 2.64. The number of aliphatic hydroxyl groups is 1. The Morgan fingerprint density at radius 1 is 1.44 bits per heavy atom. The van der Waals surface area contributed by atoms with Crippen LogP contribution in [0.5, 0.6) is 0 Å². The zero-order valence-electron chi connectivity index (χ0n) is 10.7. The van der Waals surface area contributed by atoms with Crippen LogP contribution >= 0.6 is 0 Å². The summed E-state index contributed by atoms with van der Waals surface area (Å²) in [5.74, 6) is 0.648. The Hall–Kier alpha value is -0.770. The fraction of sp³-hybridized carbons (Fsp3) is 0.917. The first-order chi connectivity index (χ1) is 7.14. The van der Waals surface area contributed by atoms with Gasteiger partial charge in [0.15, 0.2) is 0 Å². The summed E-state index contributed by atoms with van der Waals surface area (Å²) in [6.45, 7) is 10.4. The molecule has 2 rings (SSSR count). The molecule has 1 heterocycles. The van der Waals surface area contributed by atoms with E-state index in [-0.39, 0.29) is 11.3 Å². The summed E-state index contributed by atoms with van der Waals surface area (Å²) in [6.07, 6.45) is -1.07. The predicted octanol–water partition coefficient (Wildman–Crippen LogP) is 1.83. The second kappa shape index (κ2) is 3.13. The van der Waals surface area contributed by atoms with E-state index in [0.29, 0.717) is 12.5 Å². The normalized spacial score (nSPS) is 35.9. The summed E-state index contributed by atoms with van der Waals surface area (Å²) < 4.78 is 5.26. The Bertz CT molecular complexity index is 319. The average Bonchev–Trinajstić information content (AvgIpc) is 2.45. The minimum absolute atomic E-state index is 0.179. The van der Waals surface area contributed by atoms with Gasteiger partial charge in [-0.2, -0.15) is 0 Å². The quantitative estimate of drug-likeness (QED) is 0.687. The van der Waals surface area contributed by atoms with Gasteiger partial charge in [0.05, 0.1) is 0 Å². The molecule has 1 aliphatic carbocycles. The van der Waals surface area contributed by atoms with Crippen LogP contribution in [0, 0.1) is 17.3 Å². The first-order valence-corrected chi connectivity index (χ1v) is 5.82. The van der Waals surface area contributed by atoms with Gasteiger partial charge in [0.2, 0.25) is 0 Å². The fourth-order valence-electron chi connectivity index (χ4n) is 2.74. The van der Waals surface area contributed by atoms with Crippen molar-refractivity contribution in [2.45, 2.75) is 46.4 Å². The molecule has 16 heavy (non-hydrogen) atoms. The third-order valence-electron chi connectivity index (χ3n) is 3.80. The van der Waals surface area contributed by atoms with E-state index < -0.39 is 17.9 Å². The van der Waals surface area contributed by atoms with E-state index >= 15 is 0 Å². The first kappa shape index (κ1) is 11.7. The molecule has 1 N–H and O–H groups in total. The average molecular weight is 227 g/mol. The molecular weight excluding hydrogens is 206 g/mol. The Balaban J connectivity index is 1.98. The van der Waals surface area contributed by atoms with E-state index in [9.17, 15) is 9.90 Å². The summed E-state index contributed by atoms with van der Waals surface area (Å²) in [7, 11) is 0. The molecular formula is C12H21NO3. The molecule has 0 aromatic heterocycles. The van der Waals surface area contributed by atoms with Crippen molar-refractivity contribution in [3.8, 4) is 0 Å². The number of likely N-dealkylation sites (tertiary alicyclic amines) is 1. The van der Waals surface area contributed by atoms with Gasteiger partial charge in [-0.1, -0.05) is 13.8 Å². The molecule has 1 unspecified atom stereocenters. The second-order valence-corrected chi connectivity index (χ2v) is 6.50. The Morgan fingerprint density at radius 3 is 2.38 bits per heavy atom. The van der Waals surface area contributed by atoms with Crippen LogP contribution in [0.1, 0.15) is 34.6 Å². The topological polar surface area (TPSA) is 49.8 Å². The number of ether oxygens (including phenoxy) is 1. The number of piperidine rings is 1. The van der Waals surface area contributed by atoms with Crippen molar-refractivity contribution in [1.29, 1.82) is 0 Å². The van der Waals surface area contributed by atoms with E-state index in [2.05, 4.69) is 13.8 Å². The van der Waals surface area contributed by atoms with Crippen LogP contribution in [0.3, 0.4) is 0 Å². The van der Waals surface area contributed by atoms with Gasteiger partial charge in [0.25, 0.3) is 0 Å². The van der Waals surface area contributed by atoms with Crippen molar-refractivity contribution in [2.75, 3.05) is 6.54 Å². The van der Waals surface area contributed by atoms with Crippen LogP contribution in [0.15, 0.2) is 0 Å². The van der Waals surface area contributed by atoms with E-state index in [1.165, 1.54) is 4.90 Å². The number of hydrogen-bond donors (Lipinski definition) is 1. The third kappa shape index (κ3) is 1.69. The molecule has 1 amide bonds. The van der Waals surface area contributed by atoms with E-state index in [0.717, 1.165) is 0 Å². The van der Waals surface area contributed by atoms with Gasteiger partial charge < -0.3 is 9.84 Å². The molecule has 0 radical (unpaired) electrons. The molecule has 92 valence electrons. The number of nitrogens with zero attached hydrogens (tertiary/aromatic N) is 1. The molecule has 0 spiro atoms. The highest BCUT2D eigenvalue weighted by atomic mass is 16.6. The van der Waals surface area contributed by atoms with Crippen molar-refractivity contribution in [2.24, 2.45) is 17.3 Å². The molecule has 4 heteroatoms. The van der Waals surface area contributed by atoms with Crippen LogP contribution in [0.4, 0.5) is 4.79 Å². The van der Waals surface area contributed by atoms with Gasteiger partial charge in [-0.25, -0.2) is 4.79 Å². The van der Waals surface area contributed by atoms with Crippen LogP contribution in [-0.2, 0) is 4.74 Å². The van der Waals surface area contributed by atoms with Crippen LogP contribution in [-0.4, -0.2) is 34.5 Å². The van der Waals surface area contributed by atoms with Crippen LogP contribution in [0.25, 0.3) is 0 Å². The highest BCUT2D eigenvalue weighted by molar-refractivity contribution is 5.69. The van der Waals surface area contributed by atoms with Gasteiger partial charge in [0, 0.05) is 12.5 Å². The van der Waals surface area contributed by atoms with Crippen LogP contribution in [0.2, 0.25) is 0 Å². The molecule has 0 bridgehead atoms. The number of aliphatic hydroxyl groups excluding tert-OH is 1. The molecule has 0 aromatic rings. The number of carbonyl (C=O) groups excluding carboxylic acids is 1. The van der Waals surface area contributed by atoms with Crippen LogP contribution < -0.4 is 0 Å². The molecule has 4 nitrogen and oxygen atoms in total. The van der Waals surface area contributed by atoms with Crippen molar-refractivity contribution in [1.82, 2.24) is 4.90 Å². The van der Waals surface area contributed by atoms with Gasteiger partial charge in [-0.15, -0.1) is 0 Å². The lowest BCUT2D eigenvalue weighted by molar-refractivity contribution is -0.0314. The Kier molecular flexibility index (Phi) is 2.29. The Labute approximate surface area is 96.6 Å². The van der Waals surface area contributed by atoms with Crippen molar-refractivity contribution < 1.29 is 14.6 Å². The lowest BCUT2D eigenvalue weighted by atomic mass is 10.1. The molecule has 0 aromatic carbocycles. The maximum Gasteiger partial charge on any atom is 0.412 e. The lowest BCUT2D eigenvalue weighted by Gasteiger charge is -2.29. The Morgan fingerprint density at radius 2 is 2.00 bits per heavy atom. The summed E-state index contributed by atoms with van der Waals surface area (Å²) in [6, 6.07) is 0. The second-order valence-electron chi connectivity index (χ2n) is 6.50. The predicted molar refractivity (Wildman–Crippen MR) is 59.7 cm³/mol. The molecule has 1 saturated carbocycles. The number of amides is 1. The fourth-order valence-corrected chi connectivity index (χ4v) is 2.74. The molecule has 1 aliphatic heterocycles. The van der Waals surface area contributed by atoms with E-state index in [4.69, 9.17) is 4.74 Å². The number of hydrogen-bond acceptors (Lipinski definition) is 3. The standard InChI is InChI=1S/C12H21NO3/c1-11(2,3)16-10(15)13-6-7-8(9(13)14)12(7,4)5/h7-9,14H,6H2,1-5H3/t7-,8-,9?/m0/s1. The molecule has 3 atom stereocenters. The summed E-state index contributed by atoms with van der Waals surface area (Å²) in [5.41, 5.74) is -0.322. The summed E-state index contributed by atoms with van der Waals surface area (Å²) in [4.78, 5) is 13.2. The molecule has 2 aliphatic rings. The zero-order chi connectivity index (χ0) is 12.3.